The van der Waals surface area contributed by atoms with Crippen LogP contribution < -0.4 is 10.6 Å². The number of ether oxygens (including phenoxy) is 1. The molecular weight excluding hydrogens is 428 g/mol. The summed E-state index contributed by atoms with van der Waals surface area (Å²) in [6.07, 6.45) is 4.68. The van der Waals surface area contributed by atoms with Crippen LogP contribution in [0.1, 0.15) is 47.1 Å². The molecule has 0 fully saturated rings. The largest absolute Gasteiger partial charge is 0.444 e. The second kappa shape index (κ2) is 9.63. The number of benzene rings is 1. The third-order valence-corrected chi connectivity index (χ3v) is 5.05. The minimum atomic E-state index is -0.836. The summed E-state index contributed by atoms with van der Waals surface area (Å²) in [5.74, 6) is -0.0343. The number of amidine groups is 1. The predicted octanol–water partition coefficient (Wildman–Crippen LogP) is 5.11. The van der Waals surface area contributed by atoms with Crippen LogP contribution in [0, 0.1) is 5.41 Å². The third kappa shape index (κ3) is 6.41. The molecule has 7 heteroatoms. The van der Waals surface area contributed by atoms with Crippen molar-refractivity contribution in [2.75, 3.05) is 0 Å². The van der Waals surface area contributed by atoms with E-state index in [-0.39, 0.29) is 0 Å². The van der Waals surface area contributed by atoms with Crippen molar-refractivity contribution in [3.63, 3.8) is 0 Å². The minimum absolute atomic E-state index is 0.356. The molecule has 2 heterocycles. The quantitative estimate of drug-likeness (QED) is 0.663. The Kier molecular flexibility index (Phi) is 7.05. The van der Waals surface area contributed by atoms with Crippen molar-refractivity contribution in [2.24, 2.45) is 10.4 Å². The van der Waals surface area contributed by atoms with E-state index in [1.54, 1.807) is 33.2 Å². The van der Waals surface area contributed by atoms with E-state index in [2.05, 4.69) is 27.2 Å². The van der Waals surface area contributed by atoms with E-state index in [9.17, 15) is 9.59 Å². The Morgan fingerprint density at radius 2 is 1.62 bits per heavy atom. The van der Waals surface area contributed by atoms with E-state index in [1.165, 1.54) is 0 Å². The van der Waals surface area contributed by atoms with E-state index in [0.29, 0.717) is 17.1 Å². The fraction of sp³-hybridized carbons (Fsp3) is 0.333. The Labute approximate surface area is 201 Å². The first-order valence-corrected chi connectivity index (χ1v) is 11.1. The summed E-state index contributed by atoms with van der Waals surface area (Å²) in [7, 11) is 0. The smallest absolute Gasteiger partial charge is 0.408 e. The zero-order valence-electron chi connectivity index (χ0n) is 20.6. The van der Waals surface area contributed by atoms with Crippen molar-refractivity contribution in [1.29, 1.82) is 0 Å². The molecule has 1 unspecified atom stereocenters. The van der Waals surface area contributed by atoms with Crippen LogP contribution in [0.3, 0.4) is 0 Å². The predicted molar refractivity (Wildman–Crippen MR) is 135 cm³/mol. The van der Waals surface area contributed by atoms with E-state index in [0.717, 1.165) is 16.7 Å². The van der Waals surface area contributed by atoms with Gasteiger partial charge in [-0.2, -0.15) is 0 Å². The molecule has 0 saturated carbocycles. The Morgan fingerprint density at radius 3 is 2.24 bits per heavy atom. The van der Waals surface area contributed by atoms with Crippen LogP contribution in [0.5, 0.6) is 0 Å². The molecule has 178 valence electrons. The zero-order chi connectivity index (χ0) is 25.1. The van der Waals surface area contributed by atoms with E-state index >= 15 is 0 Å². The van der Waals surface area contributed by atoms with Crippen molar-refractivity contribution < 1.29 is 14.3 Å². The Balaban J connectivity index is 1.77. The molecule has 2 aromatic rings. The molecule has 1 aromatic carbocycles. The van der Waals surface area contributed by atoms with Crippen molar-refractivity contribution in [2.45, 2.75) is 53.2 Å². The van der Waals surface area contributed by atoms with Crippen LogP contribution in [0.15, 0.2) is 72.0 Å². The molecule has 1 atom stereocenters. The van der Waals surface area contributed by atoms with Gasteiger partial charge >= 0.3 is 6.09 Å². The number of amides is 2. The number of alkyl carbamates (subject to hydrolysis) is 1. The monoisotopic (exact) mass is 460 g/mol. The summed E-state index contributed by atoms with van der Waals surface area (Å²) in [5.41, 5.74) is 3.04. The lowest BCUT2D eigenvalue weighted by molar-refractivity contribution is -0.124. The Hall–Kier alpha value is -3.74. The lowest BCUT2D eigenvalue weighted by atomic mass is 9.86. The number of nitrogens with zero attached hydrogens (tertiary/aromatic N) is 2. The Morgan fingerprint density at radius 1 is 0.971 bits per heavy atom. The standard InChI is InChI=1S/C27H32N4O3/c1-17-15-21(20-10-8-9-19(16-20)18-11-13-28-14-12-18)29-23(17)31-24(32)22(26(2,3)4)30-25(33)34-27(5,6)7/h8-16,22H,1H2,2-7H3,(H,30,33)(H,29,31,32). The van der Waals surface area contributed by atoms with Crippen LogP contribution in [0.25, 0.3) is 16.8 Å². The average Bonchev–Trinajstić information content (AvgIpc) is 3.11. The molecule has 0 bridgehead atoms. The lowest BCUT2D eigenvalue weighted by Gasteiger charge is -2.31. The highest BCUT2D eigenvalue weighted by Crippen LogP contribution is 2.28. The van der Waals surface area contributed by atoms with Gasteiger partial charge in [0.2, 0.25) is 5.91 Å². The number of aliphatic imine (C=N–C) groups is 1. The number of aromatic nitrogens is 1. The summed E-state index contributed by atoms with van der Waals surface area (Å²) in [6, 6.07) is 11.0. The van der Waals surface area contributed by atoms with Crippen LogP contribution in [-0.4, -0.2) is 34.5 Å². The number of hydrogen-bond donors (Lipinski definition) is 2. The van der Waals surface area contributed by atoms with Crippen molar-refractivity contribution >= 4 is 23.5 Å². The van der Waals surface area contributed by atoms with Gasteiger partial charge in [0.1, 0.15) is 17.5 Å². The highest BCUT2D eigenvalue weighted by molar-refractivity contribution is 6.15. The molecule has 0 radical (unpaired) electrons. The molecule has 1 aliphatic rings. The molecule has 34 heavy (non-hydrogen) atoms. The first kappa shape index (κ1) is 24.9. The highest BCUT2D eigenvalue weighted by Gasteiger charge is 2.35. The molecule has 3 rings (SSSR count). The molecular formula is C27H32N4O3. The number of rotatable bonds is 4. The van der Waals surface area contributed by atoms with Gasteiger partial charge in [0.25, 0.3) is 0 Å². The molecule has 1 aromatic heterocycles. The van der Waals surface area contributed by atoms with Crippen molar-refractivity contribution in [1.82, 2.24) is 15.6 Å². The second-order valence-corrected chi connectivity index (χ2v) is 10.3. The summed E-state index contributed by atoms with van der Waals surface area (Å²) >= 11 is 0. The van der Waals surface area contributed by atoms with E-state index in [4.69, 9.17) is 4.74 Å². The summed E-state index contributed by atoms with van der Waals surface area (Å²) in [5, 5.41) is 5.52. The van der Waals surface area contributed by atoms with Gasteiger partial charge in [-0.05, 0) is 61.6 Å². The third-order valence-electron chi connectivity index (χ3n) is 5.05. The lowest BCUT2D eigenvalue weighted by Crippen LogP contribution is -2.55. The van der Waals surface area contributed by atoms with E-state index in [1.807, 2.05) is 63.2 Å². The maximum atomic E-state index is 13.1. The Bertz CT molecular complexity index is 1150. The number of nitrogens with one attached hydrogen (secondary N) is 2. The summed E-state index contributed by atoms with van der Waals surface area (Å²) in [6.45, 7) is 15.0. The van der Waals surface area contributed by atoms with Crippen LogP contribution in [-0.2, 0) is 9.53 Å². The zero-order valence-corrected chi connectivity index (χ0v) is 20.6. The molecule has 7 nitrogen and oxygen atoms in total. The van der Waals surface area contributed by atoms with Gasteiger partial charge < -0.3 is 15.4 Å². The minimum Gasteiger partial charge on any atom is -0.444 e. The number of carbonyl (C=O) groups is 2. The normalized spacial score (nSPS) is 14.7. The molecule has 2 amide bonds. The SMILES string of the molecule is C=C1C=C(c2cccc(-c3ccncc3)c2)N=C1NC(=O)C(NC(=O)OC(C)(C)C)C(C)(C)C. The molecule has 0 aliphatic carbocycles. The van der Waals surface area contributed by atoms with E-state index < -0.39 is 29.1 Å². The van der Waals surface area contributed by atoms with Gasteiger partial charge in [-0.3, -0.25) is 9.78 Å². The fourth-order valence-electron chi connectivity index (χ4n) is 3.41. The van der Waals surface area contributed by atoms with Crippen LogP contribution in [0.4, 0.5) is 4.79 Å². The molecule has 2 N–H and O–H groups in total. The van der Waals surface area contributed by atoms with Crippen molar-refractivity contribution in [3.05, 3.63) is 72.6 Å². The number of pyridine rings is 1. The molecule has 0 spiro atoms. The van der Waals surface area contributed by atoms with Gasteiger partial charge in [-0.1, -0.05) is 45.5 Å². The van der Waals surface area contributed by atoms with Gasteiger partial charge in [0.05, 0.1) is 5.70 Å². The van der Waals surface area contributed by atoms with Crippen molar-refractivity contribution in [3.8, 4) is 11.1 Å². The maximum Gasteiger partial charge on any atom is 0.408 e. The first-order valence-electron chi connectivity index (χ1n) is 11.1. The molecule has 1 aliphatic heterocycles. The topological polar surface area (TPSA) is 92.7 Å². The highest BCUT2D eigenvalue weighted by atomic mass is 16.6. The summed E-state index contributed by atoms with van der Waals surface area (Å²) < 4.78 is 5.34. The number of hydrogen-bond acceptors (Lipinski definition) is 5. The van der Waals surface area contributed by atoms with Gasteiger partial charge in [-0.15, -0.1) is 0 Å². The van der Waals surface area contributed by atoms with Crippen LogP contribution in [0.2, 0.25) is 0 Å². The van der Waals surface area contributed by atoms with Crippen LogP contribution >= 0.6 is 0 Å². The fourth-order valence-corrected chi connectivity index (χ4v) is 3.41. The molecule has 0 saturated heterocycles. The summed E-state index contributed by atoms with van der Waals surface area (Å²) in [4.78, 5) is 34.1. The van der Waals surface area contributed by atoms with Gasteiger partial charge in [0, 0.05) is 23.5 Å². The first-order chi connectivity index (χ1) is 15.8. The number of carbonyl (C=O) groups excluding carboxylic acids is 2. The second-order valence-electron chi connectivity index (χ2n) is 10.3. The average molecular weight is 461 g/mol. The maximum absolute atomic E-state index is 13.1. The van der Waals surface area contributed by atoms with Gasteiger partial charge in [-0.25, -0.2) is 9.79 Å². The van der Waals surface area contributed by atoms with Gasteiger partial charge in [0.15, 0.2) is 0 Å².